The molecule has 0 radical (unpaired) electrons. The zero-order valence-electron chi connectivity index (χ0n) is 8.17. The van der Waals surface area contributed by atoms with Crippen LogP contribution in [0.4, 0.5) is 0 Å². The first kappa shape index (κ1) is 9.45. The number of hydrogen-bond donors (Lipinski definition) is 1. The molecule has 6 nitrogen and oxygen atoms in total. The average Bonchev–Trinajstić information content (AvgIpc) is 2.57. The van der Waals surface area contributed by atoms with Crippen LogP contribution in [0.3, 0.4) is 0 Å². The van der Waals surface area contributed by atoms with E-state index >= 15 is 0 Å². The highest BCUT2D eigenvalue weighted by Gasteiger charge is 2.02. The number of H-pyrrole nitrogens is 1. The third kappa shape index (κ3) is 1.88. The molecule has 78 valence electrons. The zero-order chi connectivity index (χ0) is 10.8. The molecule has 0 atom stereocenters. The fourth-order valence-electron chi connectivity index (χ4n) is 1.27. The predicted molar refractivity (Wildman–Crippen MR) is 53.6 cm³/mol. The maximum Gasteiger partial charge on any atom is 0.328 e. The van der Waals surface area contributed by atoms with Crippen LogP contribution in [0.1, 0.15) is 5.82 Å². The summed E-state index contributed by atoms with van der Waals surface area (Å²) in [6, 6.07) is 1.31. The van der Waals surface area contributed by atoms with Gasteiger partial charge in [0.15, 0.2) is 0 Å². The summed E-state index contributed by atoms with van der Waals surface area (Å²) in [6.45, 7) is 0.346. The minimum atomic E-state index is -0.425. The molecule has 0 unspecified atom stereocenters. The van der Waals surface area contributed by atoms with E-state index in [9.17, 15) is 9.59 Å². The van der Waals surface area contributed by atoms with Gasteiger partial charge in [-0.25, -0.2) is 9.78 Å². The Kier molecular flexibility index (Phi) is 2.24. The number of hydrogen-bond acceptors (Lipinski definition) is 3. The molecule has 0 spiro atoms. The molecule has 0 saturated carbocycles. The van der Waals surface area contributed by atoms with Crippen LogP contribution < -0.4 is 11.2 Å². The number of nitrogens with one attached hydrogen (secondary N) is 1. The van der Waals surface area contributed by atoms with E-state index in [2.05, 4.69) is 9.97 Å². The average molecular weight is 206 g/mol. The van der Waals surface area contributed by atoms with E-state index in [1.165, 1.54) is 16.8 Å². The predicted octanol–water partition coefficient (Wildman–Crippen LogP) is -0.682. The molecule has 0 aromatic carbocycles. The number of aromatic nitrogens is 4. The molecule has 0 bridgehead atoms. The van der Waals surface area contributed by atoms with Crippen molar-refractivity contribution in [1.29, 1.82) is 0 Å². The Balaban J connectivity index is 2.37. The first-order chi connectivity index (χ1) is 7.16. The topological polar surface area (TPSA) is 72.7 Å². The number of aromatic amines is 1. The van der Waals surface area contributed by atoms with E-state index in [-0.39, 0.29) is 0 Å². The van der Waals surface area contributed by atoms with Gasteiger partial charge in [-0.3, -0.25) is 14.3 Å². The lowest BCUT2D eigenvalue weighted by Crippen LogP contribution is -2.29. The van der Waals surface area contributed by atoms with Gasteiger partial charge in [-0.1, -0.05) is 0 Å². The molecule has 2 aromatic rings. The van der Waals surface area contributed by atoms with Crippen molar-refractivity contribution in [2.45, 2.75) is 6.54 Å². The summed E-state index contributed by atoms with van der Waals surface area (Å²) < 4.78 is 3.21. The summed E-state index contributed by atoms with van der Waals surface area (Å²) in [7, 11) is 1.85. The minimum Gasteiger partial charge on any atom is -0.337 e. The fraction of sp³-hybridized carbons (Fsp3) is 0.222. The highest BCUT2D eigenvalue weighted by molar-refractivity contribution is 4.94. The molecule has 0 aliphatic heterocycles. The summed E-state index contributed by atoms with van der Waals surface area (Å²) >= 11 is 0. The SMILES string of the molecule is Cn1ccnc1Cn1ccc(=O)[nH]c1=O. The maximum atomic E-state index is 11.3. The lowest BCUT2D eigenvalue weighted by Gasteiger charge is -2.03. The van der Waals surface area contributed by atoms with Crippen LogP contribution in [-0.2, 0) is 13.6 Å². The van der Waals surface area contributed by atoms with Crippen LogP contribution in [-0.4, -0.2) is 19.1 Å². The molecule has 2 heterocycles. The molecule has 2 rings (SSSR count). The maximum absolute atomic E-state index is 11.3. The van der Waals surface area contributed by atoms with Gasteiger partial charge in [-0.15, -0.1) is 0 Å². The Bertz CT molecular complexity index is 578. The standard InChI is InChI=1S/C9H10N4O2/c1-12-5-3-10-7(12)6-13-4-2-8(14)11-9(13)15/h2-5H,6H2,1H3,(H,11,14,15). The second-order valence-corrected chi connectivity index (χ2v) is 3.19. The van der Waals surface area contributed by atoms with Crippen LogP contribution >= 0.6 is 0 Å². The smallest absolute Gasteiger partial charge is 0.328 e. The van der Waals surface area contributed by atoms with Crippen molar-refractivity contribution in [2.75, 3.05) is 0 Å². The van der Waals surface area contributed by atoms with Crippen molar-refractivity contribution < 1.29 is 0 Å². The van der Waals surface area contributed by atoms with Crippen molar-refractivity contribution >= 4 is 0 Å². The summed E-state index contributed by atoms with van der Waals surface area (Å²) in [6.07, 6.45) is 4.91. The van der Waals surface area contributed by atoms with E-state index in [0.717, 1.165) is 5.82 Å². The quantitative estimate of drug-likeness (QED) is 0.707. The van der Waals surface area contributed by atoms with Crippen molar-refractivity contribution in [2.24, 2.45) is 7.05 Å². The van der Waals surface area contributed by atoms with Crippen LogP contribution in [0.5, 0.6) is 0 Å². The molecule has 0 saturated heterocycles. The van der Waals surface area contributed by atoms with Crippen molar-refractivity contribution in [3.05, 3.63) is 51.3 Å². The summed E-state index contributed by atoms with van der Waals surface area (Å²) in [4.78, 5) is 28.4. The fourth-order valence-corrected chi connectivity index (χ4v) is 1.27. The van der Waals surface area contributed by atoms with Gasteiger partial charge >= 0.3 is 5.69 Å². The van der Waals surface area contributed by atoms with Gasteiger partial charge in [0.2, 0.25) is 0 Å². The number of nitrogens with zero attached hydrogens (tertiary/aromatic N) is 3. The van der Waals surface area contributed by atoms with E-state index in [1.54, 1.807) is 12.4 Å². The van der Waals surface area contributed by atoms with Gasteiger partial charge in [-0.2, -0.15) is 0 Å². The molecule has 0 aliphatic carbocycles. The summed E-state index contributed by atoms with van der Waals surface area (Å²) in [5.74, 6) is 0.754. The van der Waals surface area contributed by atoms with Gasteiger partial charge in [-0.05, 0) is 0 Å². The summed E-state index contributed by atoms with van der Waals surface area (Å²) in [5.41, 5.74) is -0.818. The second kappa shape index (κ2) is 3.56. The molecule has 1 N–H and O–H groups in total. The first-order valence-corrected chi connectivity index (χ1v) is 4.43. The number of rotatable bonds is 2. The Morgan fingerprint density at radius 1 is 1.40 bits per heavy atom. The number of aryl methyl sites for hydroxylation is 1. The molecule has 0 amide bonds. The van der Waals surface area contributed by atoms with Gasteiger partial charge in [0.05, 0.1) is 6.54 Å². The van der Waals surface area contributed by atoms with Gasteiger partial charge in [0, 0.05) is 31.7 Å². The molecule has 6 heteroatoms. The number of imidazole rings is 1. The van der Waals surface area contributed by atoms with Gasteiger partial charge in [0.25, 0.3) is 5.56 Å². The van der Waals surface area contributed by atoms with Crippen LogP contribution in [0.25, 0.3) is 0 Å². The lowest BCUT2D eigenvalue weighted by molar-refractivity contribution is 0.658. The van der Waals surface area contributed by atoms with E-state index < -0.39 is 11.2 Å². The van der Waals surface area contributed by atoms with Gasteiger partial charge in [0.1, 0.15) is 5.82 Å². The van der Waals surface area contributed by atoms with Crippen molar-refractivity contribution in [3.63, 3.8) is 0 Å². The first-order valence-electron chi connectivity index (χ1n) is 4.43. The Hall–Kier alpha value is -2.11. The molecule has 0 fully saturated rings. The molecular weight excluding hydrogens is 196 g/mol. The molecule has 2 aromatic heterocycles. The third-order valence-electron chi connectivity index (χ3n) is 2.13. The zero-order valence-corrected chi connectivity index (χ0v) is 8.17. The molecule has 15 heavy (non-hydrogen) atoms. The lowest BCUT2D eigenvalue weighted by atomic mass is 10.5. The van der Waals surface area contributed by atoms with Crippen molar-refractivity contribution in [1.82, 2.24) is 19.1 Å². The Morgan fingerprint density at radius 3 is 2.80 bits per heavy atom. The minimum absolute atomic E-state index is 0.346. The van der Waals surface area contributed by atoms with Crippen molar-refractivity contribution in [3.8, 4) is 0 Å². The normalized spacial score (nSPS) is 10.5. The van der Waals surface area contributed by atoms with Gasteiger partial charge < -0.3 is 4.57 Å². The second-order valence-electron chi connectivity index (χ2n) is 3.19. The van der Waals surface area contributed by atoms with Crippen LogP contribution in [0, 0.1) is 0 Å². The highest BCUT2D eigenvalue weighted by atomic mass is 16.2. The molecule has 0 aliphatic rings. The van der Waals surface area contributed by atoms with Crippen LogP contribution in [0.15, 0.2) is 34.2 Å². The Morgan fingerprint density at radius 2 is 2.20 bits per heavy atom. The van der Waals surface area contributed by atoms with E-state index in [4.69, 9.17) is 0 Å². The van der Waals surface area contributed by atoms with Crippen LogP contribution in [0.2, 0.25) is 0 Å². The monoisotopic (exact) mass is 206 g/mol. The highest BCUT2D eigenvalue weighted by Crippen LogP contribution is 1.95. The molecular formula is C9H10N4O2. The third-order valence-corrected chi connectivity index (χ3v) is 2.13. The summed E-state index contributed by atoms with van der Waals surface area (Å²) in [5, 5.41) is 0. The Labute approximate surface area is 84.8 Å². The largest absolute Gasteiger partial charge is 0.337 e. The van der Waals surface area contributed by atoms with E-state index in [1.807, 2.05) is 11.6 Å². The van der Waals surface area contributed by atoms with E-state index in [0.29, 0.717) is 6.54 Å².